The molecule has 0 amide bonds. The van der Waals surface area contributed by atoms with E-state index in [1.807, 2.05) is 0 Å². The van der Waals surface area contributed by atoms with Crippen molar-refractivity contribution in [2.24, 2.45) is 5.92 Å². The number of alkyl halides is 3. The largest absolute Gasteiger partial charge is 0.598 e. The van der Waals surface area contributed by atoms with Crippen molar-refractivity contribution in [3.8, 4) is 0 Å². The highest BCUT2D eigenvalue weighted by Gasteiger charge is 2.48. The molecule has 0 aliphatic heterocycles. The molecule has 1 N–H and O–H groups in total. The lowest BCUT2D eigenvalue weighted by molar-refractivity contribution is -0.189. The van der Waals surface area contributed by atoms with Crippen molar-refractivity contribution in [1.29, 1.82) is 0 Å². The van der Waals surface area contributed by atoms with Crippen molar-refractivity contribution in [2.75, 3.05) is 6.61 Å². The van der Waals surface area contributed by atoms with Crippen LogP contribution in [-0.4, -0.2) is 28.1 Å². The first-order chi connectivity index (χ1) is 13.1. The molecule has 1 aromatic carbocycles. The van der Waals surface area contributed by atoms with Crippen molar-refractivity contribution in [3.63, 3.8) is 0 Å². The van der Waals surface area contributed by atoms with Gasteiger partial charge < -0.3 is 9.29 Å². The summed E-state index contributed by atoms with van der Waals surface area (Å²) >= 11 is 1.40. The standard InChI is InChI=1S/C19H26BrF4NO3S/c1-6-28-16(26)9-12(19(22,23)24)11-18(5,25-29(27)17(2,3)4)14-10-13(20)7-8-15(14)21/h7-8,10,12,25H,6,9,11H2,1-5H3. The number of carbonyl (C=O) groups excluding carboxylic acids is 1. The van der Waals surface area contributed by atoms with Gasteiger partial charge in [0.05, 0.1) is 24.5 Å². The molecule has 0 radical (unpaired) electrons. The molecule has 0 heterocycles. The Balaban J connectivity index is 3.41. The molecule has 3 atom stereocenters. The van der Waals surface area contributed by atoms with Gasteiger partial charge in [-0.1, -0.05) is 15.9 Å². The molecule has 0 saturated heterocycles. The molecule has 0 aromatic heterocycles. The van der Waals surface area contributed by atoms with Crippen molar-refractivity contribution < 1.29 is 31.6 Å². The molecule has 0 saturated carbocycles. The average molecular weight is 504 g/mol. The zero-order valence-corrected chi connectivity index (χ0v) is 19.4. The smallest absolute Gasteiger partial charge is 0.392 e. The van der Waals surface area contributed by atoms with E-state index in [-0.39, 0.29) is 12.2 Å². The zero-order chi connectivity index (χ0) is 22.6. The molecule has 0 aliphatic rings. The van der Waals surface area contributed by atoms with E-state index in [4.69, 9.17) is 0 Å². The third-order valence-electron chi connectivity index (χ3n) is 4.23. The van der Waals surface area contributed by atoms with Gasteiger partial charge in [0, 0.05) is 21.4 Å². The second-order valence-electron chi connectivity index (χ2n) is 7.89. The topological polar surface area (TPSA) is 61.4 Å². The predicted molar refractivity (Wildman–Crippen MR) is 108 cm³/mol. The minimum absolute atomic E-state index is 0.0484. The Bertz CT molecular complexity index is 712. The number of rotatable bonds is 8. The van der Waals surface area contributed by atoms with Gasteiger partial charge in [0.2, 0.25) is 0 Å². The molecule has 0 aliphatic carbocycles. The first-order valence-corrected chi connectivity index (χ1v) is 10.9. The summed E-state index contributed by atoms with van der Waals surface area (Å²) in [6.07, 6.45) is -6.35. The molecule has 1 aromatic rings. The number of hydrogen-bond donors (Lipinski definition) is 1. The molecular formula is C19H26BrF4NO3S. The quantitative estimate of drug-likeness (QED) is 0.294. The summed E-state index contributed by atoms with van der Waals surface area (Å²) in [7, 11) is 0. The summed E-state index contributed by atoms with van der Waals surface area (Å²) in [6.45, 7) is 7.74. The lowest BCUT2D eigenvalue weighted by Gasteiger charge is -2.38. The number of benzene rings is 1. The molecule has 0 fully saturated rings. The van der Waals surface area contributed by atoms with E-state index < -0.39 is 58.4 Å². The van der Waals surface area contributed by atoms with Crippen molar-refractivity contribution >= 4 is 33.3 Å². The van der Waals surface area contributed by atoms with E-state index in [1.54, 1.807) is 20.8 Å². The highest BCUT2D eigenvalue weighted by molar-refractivity contribution is 9.10. The molecule has 1 rings (SSSR count). The second-order valence-corrected chi connectivity index (χ2v) is 10.8. The van der Waals surface area contributed by atoms with Crippen LogP contribution in [0.2, 0.25) is 0 Å². The molecule has 4 nitrogen and oxygen atoms in total. The normalized spacial score (nSPS) is 16.8. The van der Waals surface area contributed by atoms with E-state index in [0.717, 1.165) is 6.07 Å². The van der Waals surface area contributed by atoms with E-state index in [1.165, 1.54) is 26.0 Å². The SMILES string of the molecule is CCOC(=O)CC(CC(C)(N[S+]([O-])C(C)(C)C)c1cc(Br)ccc1F)C(F)(F)F. The van der Waals surface area contributed by atoms with E-state index in [2.05, 4.69) is 25.4 Å². The van der Waals surface area contributed by atoms with Crippen LogP contribution in [0.15, 0.2) is 22.7 Å². The number of esters is 1. The first kappa shape index (κ1) is 26.2. The van der Waals surface area contributed by atoms with E-state index in [9.17, 15) is 26.9 Å². The van der Waals surface area contributed by atoms with Gasteiger partial charge in [0.15, 0.2) is 0 Å². The number of nitrogens with one attached hydrogen (secondary N) is 1. The lowest BCUT2D eigenvalue weighted by atomic mass is 9.82. The summed E-state index contributed by atoms with van der Waals surface area (Å²) in [4.78, 5) is 11.7. The molecule has 10 heteroatoms. The Morgan fingerprint density at radius 2 is 1.86 bits per heavy atom. The van der Waals surface area contributed by atoms with Gasteiger partial charge in [0.1, 0.15) is 10.6 Å². The van der Waals surface area contributed by atoms with E-state index >= 15 is 0 Å². The van der Waals surface area contributed by atoms with Gasteiger partial charge in [0.25, 0.3) is 0 Å². The first-order valence-electron chi connectivity index (χ1n) is 8.97. The minimum atomic E-state index is -4.73. The molecular weight excluding hydrogens is 478 g/mol. The van der Waals surface area contributed by atoms with Crippen molar-refractivity contribution in [1.82, 2.24) is 4.72 Å². The Hall–Kier alpha value is -0.840. The van der Waals surface area contributed by atoms with Crippen LogP contribution in [0.3, 0.4) is 0 Å². The van der Waals surface area contributed by atoms with Gasteiger partial charge in [-0.15, -0.1) is 4.72 Å². The van der Waals surface area contributed by atoms with Crippen molar-refractivity contribution in [3.05, 3.63) is 34.1 Å². The van der Waals surface area contributed by atoms with Gasteiger partial charge in [-0.25, -0.2) is 4.39 Å². The fourth-order valence-corrected chi connectivity index (χ4v) is 3.97. The van der Waals surface area contributed by atoms with Crippen molar-refractivity contribution in [2.45, 2.75) is 63.9 Å². The Morgan fingerprint density at radius 1 is 1.28 bits per heavy atom. The maximum atomic E-state index is 14.6. The number of hydrogen-bond acceptors (Lipinski definition) is 4. The fourth-order valence-electron chi connectivity index (χ4n) is 2.70. The second kappa shape index (κ2) is 9.98. The van der Waals surface area contributed by atoms with Gasteiger partial charge in [-0.2, -0.15) is 13.2 Å². The van der Waals surface area contributed by atoms with Crippen LogP contribution >= 0.6 is 15.9 Å². The van der Waals surface area contributed by atoms with Crippen LogP contribution in [0.25, 0.3) is 0 Å². The number of ether oxygens (including phenoxy) is 1. The third-order valence-corrected chi connectivity index (χ3v) is 6.47. The minimum Gasteiger partial charge on any atom is -0.598 e. The summed E-state index contributed by atoms with van der Waals surface area (Å²) in [5.74, 6) is -3.86. The molecule has 0 spiro atoms. The fraction of sp³-hybridized carbons (Fsp3) is 0.632. The molecule has 166 valence electrons. The van der Waals surface area contributed by atoms with Crippen LogP contribution in [0, 0.1) is 11.7 Å². The highest BCUT2D eigenvalue weighted by Crippen LogP contribution is 2.41. The molecule has 29 heavy (non-hydrogen) atoms. The van der Waals surface area contributed by atoms with Gasteiger partial charge >= 0.3 is 12.1 Å². The summed E-state index contributed by atoms with van der Waals surface area (Å²) in [6, 6.07) is 3.88. The van der Waals surface area contributed by atoms with Crippen LogP contribution in [0.5, 0.6) is 0 Å². The Labute approximate surface area is 180 Å². The van der Waals surface area contributed by atoms with Crippen LogP contribution < -0.4 is 4.72 Å². The molecule has 0 bridgehead atoms. The summed E-state index contributed by atoms with van der Waals surface area (Å²) in [5.41, 5.74) is -1.75. The summed E-state index contributed by atoms with van der Waals surface area (Å²) < 4.78 is 75.4. The third kappa shape index (κ3) is 7.73. The molecule has 3 unspecified atom stereocenters. The van der Waals surface area contributed by atoms with Crippen LogP contribution in [-0.2, 0) is 26.4 Å². The Kier molecular flexibility index (Phi) is 9.01. The number of carbonyl (C=O) groups is 1. The van der Waals surface area contributed by atoms with E-state index in [0.29, 0.717) is 4.47 Å². The Morgan fingerprint density at radius 3 is 2.34 bits per heavy atom. The zero-order valence-electron chi connectivity index (χ0n) is 17.0. The monoisotopic (exact) mass is 503 g/mol. The lowest BCUT2D eigenvalue weighted by Crippen LogP contribution is -2.52. The van der Waals surface area contributed by atoms with Crippen LogP contribution in [0.4, 0.5) is 17.6 Å². The van der Waals surface area contributed by atoms with Crippen LogP contribution in [0.1, 0.15) is 53.0 Å². The summed E-state index contributed by atoms with van der Waals surface area (Å²) in [5, 5.41) is 0. The van der Waals surface area contributed by atoms with Gasteiger partial charge in [-0.05, 0) is 59.2 Å². The maximum absolute atomic E-state index is 14.6. The highest BCUT2D eigenvalue weighted by atomic mass is 79.9. The number of halogens is 5. The predicted octanol–water partition coefficient (Wildman–Crippen LogP) is 5.38. The van der Waals surface area contributed by atoms with Gasteiger partial charge in [-0.3, -0.25) is 4.79 Å². The average Bonchev–Trinajstić information content (AvgIpc) is 2.54. The maximum Gasteiger partial charge on any atom is 0.392 e.